The molecular weight excluding hydrogens is 524 g/mol. The molecule has 39 heavy (non-hydrogen) atoms. The Morgan fingerprint density at radius 3 is 2.59 bits per heavy atom. The van der Waals surface area contributed by atoms with E-state index < -0.39 is 36.3 Å². The summed E-state index contributed by atoms with van der Waals surface area (Å²) < 4.78 is 11.7. The molecule has 3 aliphatic rings. The molecule has 10 nitrogen and oxygen atoms in total. The highest BCUT2D eigenvalue weighted by Crippen LogP contribution is 2.34. The number of rotatable bonds is 8. The fraction of sp³-hybridized carbons (Fsp3) is 0.643. The Morgan fingerprint density at radius 2 is 1.87 bits per heavy atom. The molecule has 1 saturated carbocycles. The number of cyclic esters (lactones) is 1. The normalized spacial score (nSPS) is 27.8. The predicted molar refractivity (Wildman–Crippen MR) is 146 cm³/mol. The van der Waals surface area contributed by atoms with Gasteiger partial charge < -0.3 is 30.7 Å². The number of nitrogens with one attached hydrogen (secondary N) is 2. The summed E-state index contributed by atoms with van der Waals surface area (Å²) in [7, 11) is 0. The minimum absolute atomic E-state index is 0.0206. The van der Waals surface area contributed by atoms with Crippen LogP contribution in [0.2, 0.25) is 5.02 Å². The van der Waals surface area contributed by atoms with E-state index in [1.807, 2.05) is 0 Å². The lowest BCUT2D eigenvalue weighted by Crippen LogP contribution is -2.55. The van der Waals surface area contributed by atoms with Crippen molar-refractivity contribution >= 4 is 41.0 Å². The summed E-state index contributed by atoms with van der Waals surface area (Å²) in [5.41, 5.74) is 6.33. The van der Waals surface area contributed by atoms with Crippen LogP contribution in [-0.2, 0) is 23.9 Å². The highest BCUT2D eigenvalue weighted by atomic mass is 35.5. The molecule has 4 N–H and O–H groups in total. The molecule has 0 aromatic heterocycles. The molecule has 1 aromatic carbocycles. The molecule has 11 heteroatoms. The van der Waals surface area contributed by atoms with E-state index in [2.05, 4.69) is 24.5 Å². The van der Waals surface area contributed by atoms with E-state index >= 15 is 0 Å². The fourth-order valence-corrected chi connectivity index (χ4v) is 6.03. The third kappa shape index (κ3) is 6.84. The topological polar surface area (TPSA) is 140 Å². The van der Waals surface area contributed by atoms with Crippen LogP contribution in [0.1, 0.15) is 76.1 Å². The van der Waals surface area contributed by atoms with E-state index in [1.54, 1.807) is 6.92 Å². The van der Waals surface area contributed by atoms with Gasteiger partial charge in [-0.1, -0.05) is 38.3 Å². The van der Waals surface area contributed by atoms with Crippen molar-refractivity contribution in [3.8, 4) is 0 Å². The van der Waals surface area contributed by atoms with Crippen molar-refractivity contribution in [2.45, 2.75) is 96.2 Å². The Hall–Kier alpha value is -2.85. The average Bonchev–Trinajstić information content (AvgIpc) is 3.52. The molecular formula is C28H39ClN4O6. The standard InChI is InChI=1S/C28H39ClN4O6/c1-15(2)18-7-4-5-9-23(18)38-28-21(14-24(34)39-28)32-26(36)22-8-6-12-33(22)27(37)16(3)31-25(35)17-10-11-20(30)19(29)13-17/h10-11,13,15-16,18,21-23,28H,4-9,12,14,30H2,1-3H3,(H,31,35)(H,32,36)/t16-,18+,21?,22-,23-,28?/m0/s1. The molecule has 0 spiro atoms. The second kappa shape index (κ2) is 12.6. The van der Waals surface area contributed by atoms with Crippen molar-refractivity contribution in [2.24, 2.45) is 11.8 Å². The van der Waals surface area contributed by atoms with E-state index in [0.717, 1.165) is 25.7 Å². The first kappa shape index (κ1) is 29.1. The van der Waals surface area contributed by atoms with Gasteiger partial charge in [0.1, 0.15) is 18.1 Å². The number of nitrogen functional groups attached to an aromatic ring is 1. The van der Waals surface area contributed by atoms with Crippen LogP contribution in [0, 0.1) is 11.8 Å². The van der Waals surface area contributed by atoms with Gasteiger partial charge in [-0.05, 0) is 62.6 Å². The minimum Gasteiger partial charge on any atom is -0.433 e. The number of halogens is 1. The third-order valence-corrected chi connectivity index (χ3v) is 8.36. The van der Waals surface area contributed by atoms with Gasteiger partial charge in [0.2, 0.25) is 18.1 Å². The van der Waals surface area contributed by atoms with Crippen LogP contribution in [0.4, 0.5) is 5.69 Å². The largest absolute Gasteiger partial charge is 0.433 e. The SMILES string of the molecule is CC(C)[C@H]1CCCC[C@@H]1OC1OC(=O)CC1NC(=O)[C@@H]1CCCN1C(=O)[C@H](C)NC(=O)c1ccc(N)c(Cl)c1. The zero-order valence-electron chi connectivity index (χ0n) is 22.8. The van der Waals surface area contributed by atoms with Gasteiger partial charge in [-0.2, -0.15) is 0 Å². The predicted octanol–water partition coefficient (Wildman–Crippen LogP) is 3.02. The van der Waals surface area contributed by atoms with E-state index in [0.29, 0.717) is 36.9 Å². The Bertz CT molecular complexity index is 1100. The average molecular weight is 563 g/mol. The van der Waals surface area contributed by atoms with Gasteiger partial charge in [-0.25, -0.2) is 0 Å². The number of benzene rings is 1. The maximum Gasteiger partial charge on any atom is 0.310 e. The van der Waals surface area contributed by atoms with Crippen LogP contribution in [-0.4, -0.2) is 65.7 Å². The van der Waals surface area contributed by atoms with Crippen LogP contribution in [0.25, 0.3) is 0 Å². The number of hydrogen-bond acceptors (Lipinski definition) is 7. The molecule has 1 aromatic rings. The molecule has 4 rings (SSSR count). The van der Waals surface area contributed by atoms with Crippen molar-refractivity contribution in [1.29, 1.82) is 0 Å². The quantitative estimate of drug-likeness (QED) is 0.327. The van der Waals surface area contributed by atoms with Gasteiger partial charge in [-0.15, -0.1) is 0 Å². The third-order valence-electron chi connectivity index (χ3n) is 8.03. The number of nitrogens with zero attached hydrogens (tertiary/aromatic N) is 1. The van der Waals surface area contributed by atoms with Crippen molar-refractivity contribution < 1.29 is 28.7 Å². The van der Waals surface area contributed by atoms with Gasteiger partial charge in [0.25, 0.3) is 5.91 Å². The van der Waals surface area contributed by atoms with Crippen LogP contribution in [0.5, 0.6) is 0 Å². The number of likely N-dealkylation sites (tertiary alicyclic amines) is 1. The van der Waals surface area contributed by atoms with Crippen molar-refractivity contribution in [2.75, 3.05) is 12.3 Å². The maximum absolute atomic E-state index is 13.3. The Balaban J connectivity index is 1.36. The number of carbonyl (C=O) groups excluding carboxylic acids is 4. The van der Waals surface area contributed by atoms with Crippen molar-refractivity contribution in [3.63, 3.8) is 0 Å². The van der Waals surface area contributed by atoms with Crippen LogP contribution in [0.15, 0.2) is 18.2 Å². The number of hydrogen-bond donors (Lipinski definition) is 3. The molecule has 214 valence electrons. The number of nitrogens with two attached hydrogens (primary N) is 1. The molecule has 3 amide bonds. The molecule has 0 bridgehead atoms. The number of carbonyl (C=O) groups is 4. The zero-order chi connectivity index (χ0) is 28.3. The number of ether oxygens (including phenoxy) is 2. The Morgan fingerprint density at radius 1 is 1.13 bits per heavy atom. The Kier molecular flexibility index (Phi) is 9.38. The zero-order valence-corrected chi connectivity index (χ0v) is 23.5. The second-order valence-electron chi connectivity index (χ2n) is 11.2. The molecule has 1 aliphatic carbocycles. The molecule has 2 heterocycles. The highest BCUT2D eigenvalue weighted by molar-refractivity contribution is 6.33. The molecule has 6 atom stereocenters. The smallest absolute Gasteiger partial charge is 0.310 e. The first-order valence-corrected chi connectivity index (χ1v) is 14.2. The van der Waals surface area contributed by atoms with Crippen LogP contribution >= 0.6 is 11.6 Å². The molecule has 2 unspecified atom stereocenters. The lowest BCUT2D eigenvalue weighted by Gasteiger charge is -2.36. The van der Waals surface area contributed by atoms with Gasteiger partial charge in [0.15, 0.2) is 0 Å². The summed E-state index contributed by atoms with van der Waals surface area (Å²) in [5.74, 6) is -0.791. The second-order valence-corrected chi connectivity index (χ2v) is 11.6. The maximum atomic E-state index is 13.3. The number of anilines is 1. The minimum atomic E-state index is -0.867. The first-order valence-electron chi connectivity index (χ1n) is 13.9. The van der Waals surface area contributed by atoms with E-state index in [9.17, 15) is 19.2 Å². The summed E-state index contributed by atoms with van der Waals surface area (Å²) in [6.07, 6.45) is 4.46. The van der Waals surface area contributed by atoms with Gasteiger partial charge in [-0.3, -0.25) is 19.2 Å². The Labute approximate surface area is 234 Å². The summed E-state index contributed by atoms with van der Waals surface area (Å²) >= 11 is 6.02. The number of amides is 3. The van der Waals surface area contributed by atoms with Crippen LogP contribution in [0.3, 0.4) is 0 Å². The van der Waals surface area contributed by atoms with Gasteiger partial charge >= 0.3 is 5.97 Å². The summed E-state index contributed by atoms with van der Waals surface area (Å²) in [5, 5.41) is 5.84. The van der Waals surface area contributed by atoms with Crippen molar-refractivity contribution in [1.82, 2.24) is 15.5 Å². The lowest BCUT2D eigenvalue weighted by atomic mass is 9.79. The monoisotopic (exact) mass is 562 g/mol. The molecule has 2 saturated heterocycles. The van der Waals surface area contributed by atoms with E-state index in [1.165, 1.54) is 23.1 Å². The van der Waals surface area contributed by atoms with Gasteiger partial charge in [0.05, 0.1) is 23.2 Å². The summed E-state index contributed by atoms with van der Waals surface area (Å²) in [6, 6.07) is 2.29. The fourth-order valence-electron chi connectivity index (χ4n) is 5.85. The first-order chi connectivity index (χ1) is 18.5. The van der Waals surface area contributed by atoms with E-state index in [-0.39, 0.29) is 34.9 Å². The van der Waals surface area contributed by atoms with Crippen molar-refractivity contribution in [3.05, 3.63) is 28.8 Å². The summed E-state index contributed by atoms with van der Waals surface area (Å²) in [6.45, 7) is 6.32. The van der Waals surface area contributed by atoms with Crippen LogP contribution < -0.4 is 16.4 Å². The number of esters is 1. The van der Waals surface area contributed by atoms with Gasteiger partial charge in [0, 0.05) is 12.1 Å². The molecule has 3 fully saturated rings. The highest BCUT2D eigenvalue weighted by Gasteiger charge is 2.43. The summed E-state index contributed by atoms with van der Waals surface area (Å²) in [4.78, 5) is 52.9. The molecule has 0 radical (unpaired) electrons. The molecule has 2 aliphatic heterocycles. The lowest BCUT2D eigenvalue weighted by molar-refractivity contribution is -0.189. The van der Waals surface area contributed by atoms with E-state index in [4.69, 9.17) is 26.8 Å².